The Labute approximate surface area is 203 Å². The summed E-state index contributed by atoms with van der Waals surface area (Å²) in [6, 6.07) is 11.6. The van der Waals surface area contributed by atoms with Crippen molar-refractivity contribution in [2.45, 2.75) is 45.7 Å². The number of likely N-dealkylation sites (N-methyl/N-ethyl adjacent to an activating group) is 1. The first-order valence-corrected chi connectivity index (χ1v) is 12.8. The number of halogens is 1. The van der Waals surface area contributed by atoms with Gasteiger partial charge in [-0.25, -0.2) is 4.79 Å². The molecule has 5 nitrogen and oxygen atoms in total. The molecule has 0 aliphatic carbocycles. The zero-order valence-electron chi connectivity index (χ0n) is 18.9. The number of rotatable bonds is 7. The third-order valence-corrected chi connectivity index (χ3v) is 7.67. The molecule has 0 saturated carbocycles. The van der Waals surface area contributed by atoms with Crippen molar-refractivity contribution in [3.63, 3.8) is 0 Å². The SMILES string of the molecule is CC(C)CC[C@H](NC(=O)Nc1ccc(Br)cc1)c1c(-n2cccc2)sc2c1CCN(C)C2. The number of fused-ring (bicyclic) bond motifs is 1. The smallest absolute Gasteiger partial charge is 0.319 e. The van der Waals surface area contributed by atoms with E-state index in [-0.39, 0.29) is 12.1 Å². The van der Waals surface area contributed by atoms with Crippen molar-refractivity contribution < 1.29 is 4.79 Å². The summed E-state index contributed by atoms with van der Waals surface area (Å²) < 4.78 is 3.19. The van der Waals surface area contributed by atoms with Gasteiger partial charge in [0.05, 0.1) is 6.04 Å². The van der Waals surface area contributed by atoms with Gasteiger partial charge in [0.2, 0.25) is 0 Å². The van der Waals surface area contributed by atoms with E-state index < -0.39 is 0 Å². The number of nitrogens with one attached hydrogen (secondary N) is 2. The van der Waals surface area contributed by atoms with Crippen molar-refractivity contribution in [1.29, 1.82) is 0 Å². The predicted octanol–water partition coefficient (Wildman–Crippen LogP) is 6.59. The quantitative estimate of drug-likeness (QED) is 0.373. The molecule has 0 unspecified atom stereocenters. The molecule has 0 radical (unpaired) electrons. The third kappa shape index (κ3) is 5.45. The second-order valence-corrected chi connectivity index (χ2v) is 10.9. The van der Waals surface area contributed by atoms with Crippen LogP contribution in [0.2, 0.25) is 0 Å². The normalized spacial score (nSPS) is 14.9. The number of carbonyl (C=O) groups is 1. The van der Waals surface area contributed by atoms with Crippen LogP contribution in [-0.4, -0.2) is 29.1 Å². The van der Waals surface area contributed by atoms with Crippen LogP contribution in [0.1, 0.15) is 48.7 Å². The van der Waals surface area contributed by atoms with Crippen molar-refractivity contribution in [1.82, 2.24) is 14.8 Å². The summed E-state index contributed by atoms with van der Waals surface area (Å²) in [7, 11) is 2.18. The highest BCUT2D eigenvalue weighted by atomic mass is 79.9. The second kappa shape index (κ2) is 10.2. The molecule has 0 bridgehead atoms. The van der Waals surface area contributed by atoms with Gasteiger partial charge in [0.15, 0.2) is 0 Å². The lowest BCUT2D eigenvalue weighted by atomic mass is 9.93. The molecule has 2 amide bonds. The Bertz CT molecular complexity index is 1040. The summed E-state index contributed by atoms with van der Waals surface area (Å²) in [4.78, 5) is 16.8. The Kier molecular flexibility index (Phi) is 7.38. The molecule has 0 fully saturated rings. The molecule has 2 N–H and O–H groups in total. The average molecular weight is 516 g/mol. The van der Waals surface area contributed by atoms with Crippen molar-refractivity contribution in [3.8, 4) is 5.00 Å². The Hall–Kier alpha value is -2.09. The second-order valence-electron chi connectivity index (χ2n) is 8.93. The number of benzene rings is 1. The Morgan fingerprint density at radius 1 is 1.16 bits per heavy atom. The first kappa shape index (κ1) is 23.1. The van der Waals surface area contributed by atoms with Gasteiger partial charge in [-0.05, 0) is 74.2 Å². The fourth-order valence-corrected chi connectivity index (χ4v) is 5.93. The maximum absolute atomic E-state index is 13.0. The van der Waals surface area contributed by atoms with Crippen LogP contribution < -0.4 is 10.6 Å². The van der Waals surface area contributed by atoms with E-state index in [1.807, 2.05) is 35.6 Å². The summed E-state index contributed by atoms with van der Waals surface area (Å²) in [6.45, 7) is 6.49. The van der Waals surface area contributed by atoms with Crippen LogP contribution in [0.4, 0.5) is 10.5 Å². The van der Waals surface area contributed by atoms with Gasteiger partial charge in [0.25, 0.3) is 0 Å². The van der Waals surface area contributed by atoms with Gasteiger partial charge in [0.1, 0.15) is 5.00 Å². The Morgan fingerprint density at radius 2 is 1.88 bits per heavy atom. The first-order chi connectivity index (χ1) is 15.4. The minimum Gasteiger partial charge on any atom is -0.331 e. The van der Waals surface area contributed by atoms with Crippen molar-refractivity contribution in [2.24, 2.45) is 5.92 Å². The first-order valence-electron chi connectivity index (χ1n) is 11.2. The van der Waals surface area contributed by atoms with Crippen LogP contribution in [0, 0.1) is 5.92 Å². The standard InChI is InChI=1S/C25H31BrN4OS/c1-17(2)6-11-21(28-25(31)27-19-9-7-18(26)8-10-19)23-20-12-15-29(3)16-22(20)32-24(23)30-13-4-5-14-30/h4-5,7-10,13-14,17,21H,6,11-12,15-16H2,1-3H3,(H2,27,28,31)/t21-/m0/s1. The van der Waals surface area contributed by atoms with E-state index in [1.54, 1.807) is 0 Å². The highest BCUT2D eigenvalue weighted by Crippen LogP contribution is 2.40. The van der Waals surface area contributed by atoms with E-state index in [0.29, 0.717) is 5.92 Å². The zero-order valence-corrected chi connectivity index (χ0v) is 21.3. The topological polar surface area (TPSA) is 49.3 Å². The molecule has 3 aromatic rings. The van der Waals surface area contributed by atoms with E-state index in [2.05, 4.69) is 81.5 Å². The van der Waals surface area contributed by atoms with Crippen LogP contribution in [-0.2, 0) is 13.0 Å². The van der Waals surface area contributed by atoms with Crippen LogP contribution in [0.15, 0.2) is 53.3 Å². The Balaban J connectivity index is 1.66. The number of hydrogen-bond donors (Lipinski definition) is 2. The number of hydrogen-bond acceptors (Lipinski definition) is 3. The van der Waals surface area contributed by atoms with Crippen molar-refractivity contribution in [3.05, 3.63) is 69.3 Å². The molecule has 3 heterocycles. The molecule has 170 valence electrons. The summed E-state index contributed by atoms with van der Waals surface area (Å²) in [5.74, 6) is 0.574. The number of amides is 2. The average Bonchev–Trinajstić information content (AvgIpc) is 3.40. The summed E-state index contributed by atoms with van der Waals surface area (Å²) in [6.07, 6.45) is 7.20. The fraction of sp³-hybridized carbons (Fsp3) is 0.400. The number of carbonyl (C=O) groups excluding carboxylic acids is 1. The number of urea groups is 1. The monoisotopic (exact) mass is 514 g/mol. The van der Waals surface area contributed by atoms with E-state index in [9.17, 15) is 4.79 Å². The molecule has 1 atom stereocenters. The molecule has 4 rings (SSSR count). The Morgan fingerprint density at radius 3 is 2.56 bits per heavy atom. The van der Waals surface area contributed by atoms with Crippen molar-refractivity contribution in [2.75, 3.05) is 18.9 Å². The van der Waals surface area contributed by atoms with Crippen LogP contribution in [0.3, 0.4) is 0 Å². The predicted molar refractivity (Wildman–Crippen MR) is 137 cm³/mol. The third-order valence-electron chi connectivity index (χ3n) is 5.90. The van der Waals surface area contributed by atoms with Crippen molar-refractivity contribution >= 4 is 39.0 Å². The molecule has 1 aliphatic heterocycles. The number of thiophene rings is 1. The van der Waals surface area contributed by atoms with Gasteiger partial charge >= 0.3 is 6.03 Å². The van der Waals surface area contributed by atoms with Gasteiger partial charge in [-0.3, -0.25) is 0 Å². The molecule has 0 spiro atoms. The van der Waals surface area contributed by atoms with Gasteiger partial charge in [0, 0.05) is 46.1 Å². The lowest BCUT2D eigenvalue weighted by Gasteiger charge is -2.26. The highest BCUT2D eigenvalue weighted by Gasteiger charge is 2.29. The summed E-state index contributed by atoms with van der Waals surface area (Å²) in [5, 5.41) is 7.56. The van der Waals surface area contributed by atoms with Gasteiger partial charge < -0.3 is 20.1 Å². The van der Waals surface area contributed by atoms with E-state index in [0.717, 1.165) is 42.5 Å². The summed E-state index contributed by atoms with van der Waals surface area (Å²) in [5.41, 5.74) is 3.50. The number of anilines is 1. The van der Waals surface area contributed by atoms with Gasteiger partial charge in [-0.2, -0.15) is 0 Å². The molecule has 0 saturated heterocycles. The lowest BCUT2D eigenvalue weighted by molar-refractivity contribution is 0.247. The van der Waals surface area contributed by atoms with Crippen LogP contribution >= 0.6 is 27.3 Å². The van der Waals surface area contributed by atoms with E-state index in [1.165, 1.54) is 21.0 Å². The minimum absolute atomic E-state index is 0.0337. The molecular formula is C25H31BrN4OS. The molecule has 32 heavy (non-hydrogen) atoms. The van der Waals surface area contributed by atoms with Gasteiger partial charge in [-0.1, -0.05) is 29.8 Å². The minimum atomic E-state index is -0.160. The number of aromatic nitrogens is 1. The summed E-state index contributed by atoms with van der Waals surface area (Å²) >= 11 is 5.31. The maximum atomic E-state index is 13.0. The maximum Gasteiger partial charge on any atom is 0.319 e. The zero-order chi connectivity index (χ0) is 22.7. The molecule has 1 aliphatic rings. The highest BCUT2D eigenvalue weighted by molar-refractivity contribution is 9.10. The molecule has 7 heteroatoms. The molecular weight excluding hydrogens is 484 g/mol. The van der Waals surface area contributed by atoms with E-state index >= 15 is 0 Å². The molecule has 2 aromatic heterocycles. The van der Waals surface area contributed by atoms with Crippen LogP contribution in [0.5, 0.6) is 0 Å². The van der Waals surface area contributed by atoms with Crippen LogP contribution in [0.25, 0.3) is 5.00 Å². The largest absolute Gasteiger partial charge is 0.331 e. The fourth-order valence-electron chi connectivity index (χ4n) is 4.21. The lowest BCUT2D eigenvalue weighted by Crippen LogP contribution is -2.34. The number of nitrogens with zero attached hydrogens (tertiary/aromatic N) is 2. The van der Waals surface area contributed by atoms with Gasteiger partial charge in [-0.15, -0.1) is 11.3 Å². The van der Waals surface area contributed by atoms with E-state index in [4.69, 9.17) is 0 Å². The molecule has 1 aromatic carbocycles.